The van der Waals surface area contributed by atoms with E-state index in [1.807, 2.05) is 24.3 Å². The van der Waals surface area contributed by atoms with Crippen molar-refractivity contribution in [3.05, 3.63) is 54.9 Å². The second-order valence-electron chi connectivity index (χ2n) is 4.06. The monoisotopic (exact) mass is 267 g/mol. The van der Waals surface area contributed by atoms with Crippen molar-refractivity contribution >= 4 is 18.1 Å². The van der Waals surface area contributed by atoms with Crippen LogP contribution in [0, 0.1) is 0 Å². The van der Waals surface area contributed by atoms with Crippen molar-refractivity contribution < 1.29 is 9.59 Å². The molecule has 0 saturated heterocycles. The quantitative estimate of drug-likeness (QED) is 0.664. The third kappa shape index (κ3) is 3.35. The molecule has 0 aliphatic rings. The number of rotatable bonds is 5. The smallest absolute Gasteiger partial charge is 0.250 e. The molecule has 1 amide bonds. The van der Waals surface area contributed by atoms with Gasteiger partial charge < -0.3 is 4.79 Å². The lowest BCUT2D eigenvalue weighted by atomic mass is 10.0. The molecule has 0 fully saturated rings. The van der Waals surface area contributed by atoms with E-state index in [0.29, 0.717) is 6.42 Å². The zero-order valence-corrected chi connectivity index (χ0v) is 10.7. The number of carbonyl (C=O) groups excluding carboxylic acids is 2. The Hall–Kier alpha value is -2.82. The predicted molar refractivity (Wildman–Crippen MR) is 76.1 cm³/mol. The molecule has 0 unspecified atom stereocenters. The summed E-state index contributed by atoms with van der Waals surface area (Å²) in [4.78, 5) is 29.8. The molecule has 0 aliphatic carbocycles. The van der Waals surface area contributed by atoms with Gasteiger partial charge >= 0.3 is 0 Å². The molecule has 1 aromatic carbocycles. The van der Waals surface area contributed by atoms with Crippen molar-refractivity contribution in [2.75, 3.05) is 5.32 Å². The first-order chi connectivity index (χ1) is 9.72. The van der Waals surface area contributed by atoms with Crippen LogP contribution in [-0.2, 0) is 16.0 Å². The second kappa shape index (κ2) is 6.38. The highest BCUT2D eigenvalue weighted by molar-refractivity contribution is 5.97. The first-order valence-electron chi connectivity index (χ1n) is 6.01. The van der Waals surface area contributed by atoms with E-state index in [4.69, 9.17) is 0 Å². The molecule has 100 valence electrons. The van der Waals surface area contributed by atoms with Crippen LogP contribution in [0.25, 0.3) is 11.1 Å². The van der Waals surface area contributed by atoms with Crippen LogP contribution in [-0.4, -0.2) is 22.2 Å². The molecule has 1 aromatic heterocycles. The highest BCUT2D eigenvalue weighted by Crippen LogP contribution is 2.19. The van der Waals surface area contributed by atoms with Crippen LogP contribution < -0.4 is 5.32 Å². The highest BCUT2D eigenvalue weighted by Gasteiger charge is 2.03. The van der Waals surface area contributed by atoms with Gasteiger partial charge in [-0.05, 0) is 17.2 Å². The van der Waals surface area contributed by atoms with Gasteiger partial charge in [0.25, 0.3) is 0 Å². The fourth-order valence-electron chi connectivity index (χ4n) is 1.68. The minimum absolute atomic E-state index is 0.225. The van der Waals surface area contributed by atoms with Gasteiger partial charge in [-0.25, -0.2) is 9.97 Å². The Morgan fingerprint density at radius 3 is 2.65 bits per heavy atom. The van der Waals surface area contributed by atoms with Gasteiger partial charge in [-0.15, -0.1) is 0 Å². The van der Waals surface area contributed by atoms with Gasteiger partial charge in [0.05, 0.1) is 0 Å². The number of anilines is 1. The summed E-state index contributed by atoms with van der Waals surface area (Å²) in [6.07, 6.45) is 5.63. The Morgan fingerprint density at radius 2 is 2.00 bits per heavy atom. The van der Waals surface area contributed by atoms with Crippen molar-refractivity contribution in [1.82, 2.24) is 9.97 Å². The average molecular weight is 267 g/mol. The Balaban J connectivity index is 2.21. The van der Waals surface area contributed by atoms with Gasteiger partial charge in [0.1, 0.15) is 6.29 Å². The summed E-state index contributed by atoms with van der Waals surface area (Å²) in [5.74, 6) is -0.131. The zero-order chi connectivity index (χ0) is 14.4. The molecule has 0 aliphatic heterocycles. The molecular formula is C15H13N3O2. The molecule has 5 nitrogen and oxygen atoms in total. The maximum absolute atomic E-state index is 11.1. The summed E-state index contributed by atoms with van der Waals surface area (Å²) in [6, 6.07) is 7.59. The van der Waals surface area contributed by atoms with E-state index in [-0.39, 0.29) is 11.9 Å². The summed E-state index contributed by atoms with van der Waals surface area (Å²) in [7, 11) is 0. The van der Waals surface area contributed by atoms with Gasteiger partial charge in [0.2, 0.25) is 11.9 Å². The number of aromatic nitrogens is 2. The summed E-state index contributed by atoms with van der Waals surface area (Å²) >= 11 is 0. The molecule has 0 spiro atoms. The largest absolute Gasteiger partial charge is 0.303 e. The van der Waals surface area contributed by atoms with Crippen LogP contribution in [0.2, 0.25) is 0 Å². The van der Waals surface area contributed by atoms with Crippen molar-refractivity contribution in [3.63, 3.8) is 0 Å². The normalized spacial score (nSPS) is 9.80. The molecule has 1 N–H and O–H groups in total. The minimum Gasteiger partial charge on any atom is -0.303 e. The van der Waals surface area contributed by atoms with E-state index >= 15 is 0 Å². The molecule has 2 rings (SSSR count). The molecule has 1 heterocycles. The number of benzene rings is 1. The number of amides is 1. The topological polar surface area (TPSA) is 72.0 Å². The van der Waals surface area contributed by atoms with Crippen LogP contribution in [0.5, 0.6) is 0 Å². The van der Waals surface area contributed by atoms with Gasteiger partial charge in [-0.3, -0.25) is 10.1 Å². The number of hydrogen-bond donors (Lipinski definition) is 1. The van der Waals surface area contributed by atoms with E-state index in [1.54, 1.807) is 12.4 Å². The number of carbonyl (C=O) groups is 2. The average Bonchev–Trinajstić information content (AvgIpc) is 2.48. The number of aldehydes is 1. The van der Waals surface area contributed by atoms with Crippen molar-refractivity contribution in [2.24, 2.45) is 0 Å². The molecule has 20 heavy (non-hydrogen) atoms. The summed E-state index contributed by atoms with van der Waals surface area (Å²) < 4.78 is 0. The first kappa shape index (κ1) is 13.6. The third-order valence-corrected chi connectivity index (χ3v) is 2.65. The Kier molecular flexibility index (Phi) is 4.34. The molecule has 0 atom stereocenters. The van der Waals surface area contributed by atoms with Crippen molar-refractivity contribution in [1.29, 1.82) is 0 Å². The zero-order valence-electron chi connectivity index (χ0n) is 10.7. The molecule has 0 bridgehead atoms. The predicted octanol–water partition coefficient (Wildman–Crippen LogP) is 2.01. The van der Waals surface area contributed by atoms with Gasteiger partial charge in [-0.2, -0.15) is 0 Å². The lowest BCUT2D eigenvalue weighted by Crippen LogP contribution is -2.10. The number of nitrogens with one attached hydrogen (secondary N) is 1. The van der Waals surface area contributed by atoms with E-state index in [1.165, 1.54) is 0 Å². The van der Waals surface area contributed by atoms with Gasteiger partial charge in [0, 0.05) is 24.4 Å². The SMILES string of the molecule is C=CC(=O)Nc1ncc(-c2cccc(CC=O)c2)cn1. The fraction of sp³-hybridized carbons (Fsp3) is 0.0667. The molecule has 0 saturated carbocycles. The lowest BCUT2D eigenvalue weighted by molar-refractivity contribution is -0.112. The molecule has 5 heteroatoms. The lowest BCUT2D eigenvalue weighted by Gasteiger charge is -2.04. The van der Waals surface area contributed by atoms with E-state index in [0.717, 1.165) is 29.1 Å². The van der Waals surface area contributed by atoms with Gasteiger partial charge in [-0.1, -0.05) is 30.8 Å². The van der Waals surface area contributed by atoms with Crippen LogP contribution in [0.15, 0.2) is 49.3 Å². The summed E-state index contributed by atoms with van der Waals surface area (Å²) in [6.45, 7) is 3.35. The summed E-state index contributed by atoms with van der Waals surface area (Å²) in [5.41, 5.74) is 2.67. The van der Waals surface area contributed by atoms with E-state index in [9.17, 15) is 9.59 Å². The second-order valence-corrected chi connectivity index (χ2v) is 4.06. The van der Waals surface area contributed by atoms with Crippen LogP contribution >= 0.6 is 0 Å². The Bertz CT molecular complexity index is 636. The standard InChI is InChI=1S/C15H13N3O2/c1-2-14(20)18-15-16-9-13(10-17-15)12-5-3-4-11(8-12)6-7-19/h2-5,7-10H,1,6H2,(H,16,17,18,20). The minimum atomic E-state index is -0.356. The van der Waals surface area contributed by atoms with E-state index in [2.05, 4.69) is 21.9 Å². The van der Waals surface area contributed by atoms with Crippen LogP contribution in [0.3, 0.4) is 0 Å². The molecule has 2 aromatic rings. The van der Waals surface area contributed by atoms with Gasteiger partial charge in [0.15, 0.2) is 0 Å². The number of nitrogens with zero attached hydrogens (tertiary/aromatic N) is 2. The maximum Gasteiger partial charge on any atom is 0.250 e. The van der Waals surface area contributed by atoms with Crippen LogP contribution in [0.4, 0.5) is 5.95 Å². The van der Waals surface area contributed by atoms with Crippen molar-refractivity contribution in [2.45, 2.75) is 6.42 Å². The Morgan fingerprint density at radius 1 is 1.25 bits per heavy atom. The number of hydrogen-bond acceptors (Lipinski definition) is 4. The molecular weight excluding hydrogens is 254 g/mol. The first-order valence-corrected chi connectivity index (χ1v) is 6.01. The molecule has 0 radical (unpaired) electrons. The van der Waals surface area contributed by atoms with Crippen molar-refractivity contribution in [3.8, 4) is 11.1 Å². The maximum atomic E-state index is 11.1. The Labute approximate surface area is 116 Å². The highest BCUT2D eigenvalue weighted by atomic mass is 16.1. The summed E-state index contributed by atoms with van der Waals surface area (Å²) in [5, 5.41) is 2.48. The third-order valence-electron chi connectivity index (χ3n) is 2.65. The fourth-order valence-corrected chi connectivity index (χ4v) is 1.68. The van der Waals surface area contributed by atoms with Crippen LogP contribution in [0.1, 0.15) is 5.56 Å². The van der Waals surface area contributed by atoms with E-state index < -0.39 is 0 Å².